The number of carbonyl (C=O) groups excluding carboxylic acids is 1. The van der Waals surface area contributed by atoms with Gasteiger partial charge in [0.05, 0.1) is 42.5 Å². The number of nitrogens with two attached hydrogens (primary N) is 1. The van der Waals surface area contributed by atoms with Gasteiger partial charge >= 0.3 is 0 Å². The number of hydrogen-bond donors (Lipinski definition) is 2. The van der Waals surface area contributed by atoms with Crippen molar-refractivity contribution in [2.24, 2.45) is 10.7 Å². The zero-order valence-electron chi connectivity index (χ0n) is 25.9. The number of ether oxygens (including phenoxy) is 1. The summed E-state index contributed by atoms with van der Waals surface area (Å²) in [7, 11) is 1.72. The van der Waals surface area contributed by atoms with Crippen molar-refractivity contribution < 1.29 is 14.6 Å². The molecular formula is C34H42N6O3. The predicted octanol–water partition coefficient (Wildman–Crippen LogP) is 5.05. The van der Waals surface area contributed by atoms with E-state index < -0.39 is 5.60 Å². The molecule has 3 N–H and O–H groups in total. The number of aliphatic imine (C=N–C) groups is 1. The molecule has 226 valence electrons. The lowest BCUT2D eigenvalue weighted by molar-refractivity contribution is -0.114. The van der Waals surface area contributed by atoms with E-state index in [-0.39, 0.29) is 12.6 Å². The first-order chi connectivity index (χ1) is 20.5. The van der Waals surface area contributed by atoms with Gasteiger partial charge in [-0.3, -0.25) is 9.79 Å². The van der Waals surface area contributed by atoms with Crippen molar-refractivity contribution in [1.29, 1.82) is 0 Å². The third-order valence-corrected chi connectivity index (χ3v) is 6.97. The van der Waals surface area contributed by atoms with Gasteiger partial charge in [0.2, 0.25) is 6.41 Å². The minimum absolute atomic E-state index is 0.0629. The molecule has 43 heavy (non-hydrogen) atoms. The van der Waals surface area contributed by atoms with Crippen molar-refractivity contribution >= 4 is 40.5 Å². The molecule has 1 atom stereocenters. The van der Waals surface area contributed by atoms with Gasteiger partial charge in [-0.2, -0.15) is 0 Å². The van der Waals surface area contributed by atoms with Crippen molar-refractivity contribution in [3.63, 3.8) is 0 Å². The van der Waals surface area contributed by atoms with E-state index in [0.29, 0.717) is 31.2 Å². The maximum Gasteiger partial charge on any atom is 0.213 e. The molecule has 1 amide bonds. The quantitative estimate of drug-likeness (QED) is 0.195. The highest BCUT2D eigenvalue weighted by Gasteiger charge is 2.28. The summed E-state index contributed by atoms with van der Waals surface area (Å²) in [5, 5.41) is 11.0. The first-order valence-electron chi connectivity index (χ1n) is 14.4. The number of aliphatic hydroxyl groups is 1. The number of aromatic nitrogens is 2. The second-order valence-corrected chi connectivity index (χ2v) is 11.8. The van der Waals surface area contributed by atoms with Crippen LogP contribution in [0, 0.1) is 6.92 Å². The van der Waals surface area contributed by atoms with Gasteiger partial charge in [0.25, 0.3) is 0 Å². The van der Waals surface area contributed by atoms with Crippen LogP contribution in [0.4, 0.5) is 5.82 Å². The molecule has 3 aromatic rings. The fourth-order valence-corrected chi connectivity index (χ4v) is 4.86. The molecule has 0 saturated carbocycles. The molecule has 0 aliphatic carbocycles. The Labute approximate surface area is 254 Å². The molecule has 1 aromatic heterocycles. The van der Waals surface area contributed by atoms with Crippen LogP contribution < -0.4 is 10.6 Å². The van der Waals surface area contributed by atoms with Gasteiger partial charge in [0.1, 0.15) is 5.82 Å². The van der Waals surface area contributed by atoms with Crippen molar-refractivity contribution in [2.75, 3.05) is 38.3 Å². The number of benzene rings is 2. The molecule has 4 rings (SSSR count). The highest BCUT2D eigenvalue weighted by atomic mass is 16.5. The lowest BCUT2D eigenvalue weighted by atomic mass is 10.00. The van der Waals surface area contributed by atoms with Crippen LogP contribution in [0.25, 0.3) is 22.0 Å². The minimum Gasteiger partial charge on any atom is -0.404 e. The van der Waals surface area contributed by atoms with E-state index in [1.807, 2.05) is 38.3 Å². The smallest absolute Gasteiger partial charge is 0.213 e. The van der Waals surface area contributed by atoms with Crippen LogP contribution in [0.3, 0.4) is 0 Å². The Morgan fingerprint density at radius 1 is 1.19 bits per heavy atom. The first kappa shape index (κ1) is 31.6. The Morgan fingerprint density at radius 3 is 2.58 bits per heavy atom. The highest BCUT2D eigenvalue weighted by molar-refractivity contribution is 6.09. The lowest BCUT2D eigenvalue weighted by Crippen LogP contribution is -2.40. The van der Waals surface area contributed by atoms with E-state index in [9.17, 15) is 9.90 Å². The SMILES string of the molecule is CC(C)=C/C(=C\N(C)C=O)c1ccc2nc(C(C=NCC(C)(C)O)=CN)nc(N3CCOCC3c3ccc(C)cc3)c2c1. The fraction of sp³-hybridized carbons (Fsp3) is 0.353. The molecule has 1 fully saturated rings. The largest absolute Gasteiger partial charge is 0.404 e. The summed E-state index contributed by atoms with van der Waals surface area (Å²) in [6, 6.07) is 14.5. The summed E-state index contributed by atoms with van der Waals surface area (Å²) in [6.07, 6.45) is 7.69. The van der Waals surface area contributed by atoms with Gasteiger partial charge in [0, 0.05) is 37.6 Å². The molecule has 0 spiro atoms. The number of carbonyl (C=O) groups is 1. The number of aryl methyl sites for hydroxylation is 1. The molecule has 2 heterocycles. The van der Waals surface area contributed by atoms with Crippen LogP contribution >= 0.6 is 0 Å². The molecule has 9 nitrogen and oxygen atoms in total. The van der Waals surface area contributed by atoms with E-state index in [2.05, 4.69) is 47.1 Å². The maximum atomic E-state index is 11.5. The van der Waals surface area contributed by atoms with E-state index in [1.165, 1.54) is 16.7 Å². The average molecular weight is 583 g/mol. The van der Waals surface area contributed by atoms with E-state index >= 15 is 0 Å². The summed E-state index contributed by atoms with van der Waals surface area (Å²) in [5.41, 5.74) is 11.6. The van der Waals surface area contributed by atoms with Crippen molar-refractivity contribution in [3.05, 3.63) is 89.0 Å². The average Bonchev–Trinajstić information content (AvgIpc) is 2.98. The summed E-state index contributed by atoms with van der Waals surface area (Å²) < 4.78 is 5.96. The van der Waals surface area contributed by atoms with E-state index in [1.54, 1.807) is 27.1 Å². The van der Waals surface area contributed by atoms with Crippen LogP contribution in [-0.4, -0.2) is 71.6 Å². The lowest BCUT2D eigenvalue weighted by Gasteiger charge is -2.37. The fourth-order valence-electron chi connectivity index (χ4n) is 4.86. The summed E-state index contributed by atoms with van der Waals surface area (Å²) in [6.45, 7) is 11.4. The highest BCUT2D eigenvalue weighted by Crippen LogP contribution is 2.35. The normalized spacial score (nSPS) is 16.5. The first-order valence-corrected chi connectivity index (χ1v) is 14.4. The zero-order chi connectivity index (χ0) is 31.1. The van der Waals surface area contributed by atoms with Crippen molar-refractivity contribution in [3.8, 4) is 0 Å². The maximum absolute atomic E-state index is 11.5. The van der Waals surface area contributed by atoms with Gasteiger partial charge in [-0.15, -0.1) is 0 Å². The van der Waals surface area contributed by atoms with Gasteiger partial charge in [-0.25, -0.2) is 9.97 Å². The third-order valence-electron chi connectivity index (χ3n) is 6.97. The van der Waals surface area contributed by atoms with Gasteiger partial charge in [0.15, 0.2) is 5.82 Å². The molecular weight excluding hydrogens is 540 g/mol. The summed E-state index contributed by atoms with van der Waals surface area (Å²) in [5.74, 6) is 1.19. The number of allylic oxidation sites excluding steroid dienone is 4. The Balaban J connectivity index is 1.93. The number of fused-ring (bicyclic) bond motifs is 1. The number of morpholine rings is 1. The topological polar surface area (TPSA) is 117 Å². The Morgan fingerprint density at radius 2 is 1.93 bits per heavy atom. The summed E-state index contributed by atoms with van der Waals surface area (Å²) in [4.78, 5) is 29.6. The molecule has 1 unspecified atom stereocenters. The Kier molecular flexibility index (Phi) is 10.1. The molecule has 0 bridgehead atoms. The zero-order valence-corrected chi connectivity index (χ0v) is 25.9. The Hall–Kier alpha value is -4.34. The van der Waals surface area contributed by atoms with Crippen LogP contribution in [0.5, 0.6) is 0 Å². The molecule has 1 aliphatic heterocycles. The van der Waals surface area contributed by atoms with Gasteiger partial charge in [-0.05, 0) is 63.5 Å². The van der Waals surface area contributed by atoms with Crippen molar-refractivity contribution in [2.45, 2.75) is 46.3 Å². The molecule has 1 saturated heterocycles. The van der Waals surface area contributed by atoms with Crippen LogP contribution in [0.15, 0.2) is 71.5 Å². The minimum atomic E-state index is -0.953. The van der Waals surface area contributed by atoms with Crippen LogP contribution in [0.2, 0.25) is 0 Å². The number of nitrogens with zero attached hydrogens (tertiary/aromatic N) is 5. The number of hydrogen-bond acceptors (Lipinski definition) is 8. The van der Waals surface area contributed by atoms with Crippen LogP contribution in [-0.2, 0) is 9.53 Å². The third kappa shape index (κ3) is 8.15. The molecule has 2 aromatic carbocycles. The molecule has 9 heteroatoms. The molecule has 1 aliphatic rings. The second kappa shape index (κ2) is 13.8. The van der Waals surface area contributed by atoms with Gasteiger partial charge < -0.3 is 25.4 Å². The van der Waals surface area contributed by atoms with E-state index in [0.717, 1.165) is 45.4 Å². The monoisotopic (exact) mass is 582 g/mol. The van der Waals surface area contributed by atoms with Crippen molar-refractivity contribution in [1.82, 2.24) is 14.9 Å². The predicted molar refractivity (Wildman–Crippen MR) is 175 cm³/mol. The van der Waals surface area contributed by atoms with E-state index in [4.69, 9.17) is 20.4 Å². The number of amides is 1. The van der Waals surface area contributed by atoms with Gasteiger partial charge in [-0.1, -0.05) is 47.5 Å². The summed E-state index contributed by atoms with van der Waals surface area (Å²) >= 11 is 0. The van der Waals surface area contributed by atoms with Crippen LogP contribution in [0.1, 0.15) is 56.3 Å². The second-order valence-electron chi connectivity index (χ2n) is 11.8. The molecule has 0 radical (unpaired) electrons. The number of anilines is 1. The standard InChI is InChI=1S/C34H42N6O3/c1-23(2)15-27(19-39(6)22-41)26-11-12-30-29(16-26)33(38-32(37-30)28(17-35)18-36-21-34(4,5)42)40-13-14-43-20-31(40)25-9-7-24(3)8-10-25/h7-12,15-19,22,31,42H,13-14,20-21,35H2,1-6H3/b27-19+,28-17?,36-18?. The Bertz CT molecular complexity index is 1560. The number of rotatable bonds is 10.